The van der Waals surface area contributed by atoms with Gasteiger partial charge in [-0.3, -0.25) is 4.98 Å². The quantitative estimate of drug-likeness (QED) is 0.322. The van der Waals surface area contributed by atoms with Gasteiger partial charge >= 0.3 is 5.97 Å². The molecule has 0 aliphatic carbocycles. The molecule has 6 heteroatoms. The number of hydrogen-bond acceptors (Lipinski definition) is 4. The Kier molecular flexibility index (Phi) is 6.29. The number of halogens is 1. The van der Waals surface area contributed by atoms with Crippen molar-refractivity contribution in [3.8, 4) is 0 Å². The van der Waals surface area contributed by atoms with Crippen LogP contribution in [-0.2, 0) is 0 Å². The number of hydrogen-bond donors (Lipinski definition) is 2. The Labute approximate surface area is 174 Å². The van der Waals surface area contributed by atoms with Gasteiger partial charge in [-0.1, -0.05) is 35.0 Å². The van der Waals surface area contributed by atoms with Gasteiger partial charge in [0, 0.05) is 34.8 Å². The fraction of sp³-hybridized carbons (Fsp3) is 0.174. The van der Waals surface area contributed by atoms with Gasteiger partial charge in [-0.15, -0.1) is 0 Å². The monoisotopic (exact) mass is 408 g/mol. The number of carboxylic acid groups (broad SMARTS) is 1. The van der Waals surface area contributed by atoms with Crippen LogP contribution in [0.1, 0.15) is 50.6 Å². The number of pyridine rings is 1. The molecule has 5 nitrogen and oxygen atoms in total. The first kappa shape index (κ1) is 20.6. The molecule has 0 aliphatic rings. The lowest BCUT2D eigenvalue weighted by Gasteiger charge is -2.21. The number of benzene rings is 2. The first-order chi connectivity index (χ1) is 13.9. The molecule has 2 aromatic carbocycles. The van der Waals surface area contributed by atoms with Gasteiger partial charge in [0.25, 0.3) is 0 Å². The molecule has 1 aromatic heterocycles. The molecule has 148 valence electrons. The standard InChI is InChI=1S/C23H21ClN2O3/c1-14-11-19(24)7-8-20(14)21(16-3-5-17(6-4-16)23(27)28)13-22(26-29)18-9-10-25-15(2)12-18/h3-12,21,29H,13H2,1-2H3,(H,27,28)/b26-22+/t21-/m0/s1. The topological polar surface area (TPSA) is 82.8 Å². The van der Waals surface area contributed by atoms with E-state index in [2.05, 4.69) is 10.1 Å². The van der Waals surface area contributed by atoms with Crippen molar-refractivity contribution in [1.82, 2.24) is 4.98 Å². The summed E-state index contributed by atoms with van der Waals surface area (Å²) in [4.78, 5) is 15.4. The van der Waals surface area contributed by atoms with Gasteiger partial charge in [0.05, 0.1) is 11.3 Å². The average Bonchev–Trinajstić information content (AvgIpc) is 2.70. The van der Waals surface area contributed by atoms with E-state index in [-0.39, 0.29) is 11.5 Å². The Balaban J connectivity index is 2.05. The van der Waals surface area contributed by atoms with Crippen LogP contribution in [0.5, 0.6) is 0 Å². The maximum Gasteiger partial charge on any atom is 0.335 e. The van der Waals surface area contributed by atoms with Crippen molar-refractivity contribution >= 4 is 23.3 Å². The molecule has 0 unspecified atom stereocenters. The second-order valence-electron chi connectivity index (χ2n) is 6.92. The third kappa shape index (κ3) is 4.81. The van der Waals surface area contributed by atoms with Crippen LogP contribution in [-0.4, -0.2) is 27.0 Å². The number of carboxylic acids is 1. The number of aromatic carboxylic acids is 1. The molecule has 0 aliphatic heterocycles. The van der Waals surface area contributed by atoms with Crippen molar-refractivity contribution in [3.63, 3.8) is 0 Å². The van der Waals surface area contributed by atoms with E-state index in [1.54, 1.807) is 36.5 Å². The normalized spacial score (nSPS) is 12.6. The molecule has 0 saturated heterocycles. The van der Waals surface area contributed by atoms with Gasteiger partial charge in [0.15, 0.2) is 0 Å². The van der Waals surface area contributed by atoms with Crippen LogP contribution in [0.3, 0.4) is 0 Å². The fourth-order valence-corrected chi connectivity index (χ4v) is 3.66. The molecule has 2 N–H and O–H groups in total. The number of carbonyl (C=O) groups is 1. The highest BCUT2D eigenvalue weighted by molar-refractivity contribution is 6.30. The molecule has 3 rings (SSSR count). The van der Waals surface area contributed by atoms with Crippen molar-refractivity contribution in [2.24, 2.45) is 5.16 Å². The number of aromatic nitrogens is 1. The van der Waals surface area contributed by atoms with Gasteiger partial charge in [-0.05, 0) is 66.9 Å². The fourth-order valence-electron chi connectivity index (χ4n) is 3.43. The molecule has 0 spiro atoms. The summed E-state index contributed by atoms with van der Waals surface area (Å²) in [5.74, 6) is -1.12. The molecular formula is C23H21ClN2O3. The highest BCUT2D eigenvalue weighted by Gasteiger charge is 2.21. The molecule has 0 radical (unpaired) electrons. The Morgan fingerprint density at radius 2 is 1.79 bits per heavy atom. The van der Waals surface area contributed by atoms with Crippen molar-refractivity contribution < 1.29 is 15.1 Å². The summed E-state index contributed by atoms with van der Waals surface area (Å²) < 4.78 is 0. The van der Waals surface area contributed by atoms with Crippen LogP contribution in [0.25, 0.3) is 0 Å². The molecule has 29 heavy (non-hydrogen) atoms. The van der Waals surface area contributed by atoms with Crippen LogP contribution in [0.15, 0.2) is 65.9 Å². The lowest BCUT2D eigenvalue weighted by atomic mass is 9.83. The van der Waals surface area contributed by atoms with Gasteiger partial charge in [-0.25, -0.2) is 4.79 Å². The van der Waals surface area contributed by atoms with Gasteiger partial charge < -0.3 is 10.3 Å². The minimum absolute atomic E-state index is 0.144. The van der Waals surface area contributed by atoms with Crippen LogP contribution in [0.4, 0.5) is 0 Å². The predicted octanol–water partition coefficient (Wildman–Crippen LogP) is 5.45. The predicted molar refractivity (Wildman–Crippen MR) is 113 cm³/mol. The lowest BCUT2D eigenvalue weighted by molar-refractivity contribution is 0.0697. The van der Waals surface area contributed by atoms with Crippen molar-refractivity contribution in [1.29, 1.82) is 0 Å². The number of nitrogens with zero attached hydrogens (tertiary/aromatic N) is 2. The molecule has 3 aromatic rings. The van der Waals surface area contributed by atoms with Gasteiger partial charge in [0.1, 0.15) is 0 Å². The van der Waals surface area contributed by atoms with E-state index in [0.717, 1.165) is 27.9 Å². The summed E-state index contributed by atoms with van der Waals surface area (Å²) in [6.07, 6.45) is 2.11. The Bertz CT molecular complexity index is 1060. The summed E-state index contributed by atoms with van der Waals surface area (Å²) in [5.41, 5.74) is 5.33. The summed E-state index contributed by atoms with van der Waals surface area (Å²) in [5, 5.41) is 23.1. The summed E-state index contributed by atoms with van der Waals surface area (Å²) in [6.45, 7) is 3.86. The van der Waals surface area contributed by atoms with Crippen LogP contribution < -0.4 is 0 Å². The largest absolute Gasteiger partial charge is 0.478 e. The summed E-state index contributed by atoms with van der Waals surface area (Å²) in [6, 6.07) is 16.1. The van der Waals surface area contributed by atoms with E-state index in [1.165, 1.54) is 0 Å². The second-order valence-corrected chi connectivity index (χ2v) is 7.35. The van der Waals surface area contributed by atoms with Crippen LogP contribution >= 0.6 is 11.6 Å². The highest BCUT2D eigenvalue weighted by atomic mass is 35.5. The minimum atomic E-state index is -0.972. The van der Waals surface area contributed by atoms with E-state index in [0.29, 0.717) is 17.2 Å². The van der Waals surface area contributed by atoms with E-state index in [1.807, 2.05) is 38.1 Å². The zero-order valence-corrected chi connectivity index (χ0v) is 16.9. The first-order valence-corrected chi connectivity index (χ1v) is 9.50. The Morgan fingerprint density at radius 1 is 1.07 bits per heavy atom. The number of aryl methyl sites for hydroxylation is 2. The molecule has 1 heterocycles. The molecule has 1 atom stereocenters. The maximum atomic E-state index is 11.2. The van der Waals surface area contributed by atoms with Crippen molar-refractivity contribution in [2.45, 2.75) is 26.2 Å². The third-order valence-corrected chi connectivity index (χ3v) is 5.15. The SMILES string of the molecule is Cc1cc(/C(C[C@@H](c2ccc(C(=O)O)cc2)c2ccc(Cl)cc2C)=N/O)ccn1. The maximum absolute atomic E-state index is 11.2. The zero-order chi connectivity index (χ0) is 21.0. The molecule has 0 saturated carbocycles. The molecule has 0 fully saturated rings. The number of oxime groups is 1. The molecule has 0 amide bonds. The summed E-state index contributed by atoms with van der Waals surface area (Å²) in [7, 11) is 0. The van der Waals surface area contributed by atoms with Gasteiger partial charge in [-0.2, -0.15) is 0 Å². The number of rotatable bonds is 6. The Hall–Kier alpha value is -3.18. The van der Waals surface area contributed by atoms with E-state index < -0.39 is 5.97 Å². The Morgan fingerprint density at radius 3 is 2.38 bits per heavy atom. The van der Waals surface area contributed by atoms with Gasteiger partial charge in [0.2, 0.25) is 0 Å². The van der Waals surface area contributed by atoms with Crippen LogP contribution in [0.2, 0.25) is 5.02 Å². The molecular weight excluding hydrogens is 388 g/mol. The second kappa shape index (κ2) is 8.88. The van der Waals surface area contributed by atoms with Crippen molar-refractivity contribution in [2.75, 3.05) is 0 Å². The zero-order valence-electron chi connectivity index (χ0n) is 16.1. The minimum Gasteiger partial charge on any atom is -0.478 e. The van der Waals surface area contributed by atoms with Crippen molar-refractivity contribution in [3.05, 3.63) is 99.3 Å². The smallest absolute Gasteiger partial charge is 0.335 e. The van der Waals surface area contributed by atoms with Crippen LogP contribution in [0, 0.1) is 13.8 Å². The molecule has 0 bridgehead atoms. The lowest BCUT2D eigenvalue weighted by Crippen LogP contribution is -2.12. The summed E-state index contributed by atoms with van der Waals surface area (Å²) >= 11 is 6.13. The van der Waals surface area contributed by atoms with E-state index in [4.69, 9.17) is 11.6 Å². The highest BCUT2D eigenvalue weighted by Crippen LogP contribution is 2.33. The van der Waals surface area contributed by atoms with E-state index >= 15 is 0 Å². The first-order valence-electron chi connectivity index (χ1n) is 9.12. The van der Waals surface area contributed by atoms with E-state index in [9.17, 15) is 15.1 Å². The average molecular weight is 409 g/mol. The third-order valence-electron chi connectivity index (χ3n) is 4.92.